The molecule has 0 aliphatic carbocycles. The number of carboxylic acid groups (broad SMARTS) is 1. The van der Waals surface area contributed by atoms with Gasteiger partial charge in [0.15, 0.2) is 5.82 Å². The van der Waals surface area contributed by atoms with E-state index < -0.39 is 5.97 Å². The van der Waals surface area contributed by atoms with Gasteiger partial charge in [0.05, 0.1) is 20.3 Å². The Hall–Kier alpha value is -2.61. The number of carbonyl (C=O) groups is 1. The third kappa shape index (κ3) is 2.60. The van der Waals surface area contributed by atoms with Crippen LogP contribution in [0.4, 0.5) is 5.82 Å². The van der Waals surface area contributed by atoms with Gasteiger partial charge < -0.3 is 19.5 Å². The zero-order valence-electron chi connectivity index (χ0n) is 12.1. The summed E-state index contributed by atoms with van der Waals surface area (Å²) in [6.45, 7) is 2.26. The predicted molar refractivity (Wildman–Crippen MR) is 77.9 cm³/mol. The number of carboxylic acids is 1. The van der Waals surface area contributed by atoms with Crippen molar-refractivity contribution in [1.29, 1.82) is 0 Å². The van der Waals surface area contributed by atoms with Crippen LogP contribution >= 0.6 is 0 Å². The van der Waals surface area contributed by atoms with Crippen molar-refractivity contribution in [3.8, 4) is 11.4 Å². The second-order valence-corrected chi connectivity index (χ2v) is 4.74. The first-order chi connectivity index (χ1) is 10.7. The molecule has 2 heterocycles. The van der Waals surface area contributed by atoms with Crippen LogP contribution in [0.3, 0.4) is 0 Å². The number of rotatable bonds is 4. The summed E-state index contributed by atoms with van der Waals surface area (Å²) in [5, 5.41) is 17.8. The first-order valence-corrected chi connectivity index (χ1v) is 6.87. The fourth-order valence-electron chi connectivity index (χ4n) is 2.33. The van der Waals surface area contributed by atoms with Gasteiger partial charge in [-0.05, 0) is 12.1 Å². The Balaban J connectivity index is 2.04. The van der Waals surface area contributed by atoms with Crippen molar-refractivity contribution < 1.29 is 19.4 Å². The normalized spacial score (nSPS) is 14.9. The summed E-state index contributed by atoms with van der Waals surface area (Å²) >= 11 is 0. The first-order valence-electron chi connectivity index (χ1n) is 6.87. The van der Waals surface area contributed by atoms with Gasteiger partial charge in [-0.2, -0.15) is 0 Å². The SMILES string of the molecule is COc1ccccc1-n1nc(C(=O)O)c(N2CCOCC2)n1. The lowest BCUT2D eigenvalue weighted by Crippen LogP contribution is -2.37. The molecular weight excluding hydrogens is 288 g/mol. The first kappa shape index (κ1) is 14.3. The highest BCUT2D eigenvalue weighted by molar-refractivity contribution is 5.91. The highest BCUT2D eigenvalue weighted by Gasteiger charge is 2.25. The molecule has 1 aromatic heterocycles. The summed E-state index contributed by atoms with van der Waals surface area (Å²) in [6.07, 6.45) is 0. The number of aromatic nitrogens is 3. The molecule has 0 unspecified atom stereocenters. The average Bonchev–Trinajstić information content (AvgIpc) is 3.01. The largest absolute Gasteiger partial charge is 0.494 e. The predicted octanol–water partition coefficient (Wildman–Crippen LogP) is 0.811. The fraction of sp³-hybridized carbons (Fsp3) is 0.357. The molecule has 0 radical (unpaired) electrons. The number of para-hydroxylation sites is 2. The zero-order chi connectivity index (χ0) is 15.5. The van der Waals surface area contributed by atoms with Gasteiger partial charge in [-0.3, -0.25) is 0 Å². The van der Waals surface area contributed by atoms with E-state index in [9.17, 15) is 9.90 Å². The Morgan fingerprint density at radius 2 is 2.00 bits per heavy atom. The van der Waals surface area contributed by atoms with Crippen LogP contribution in [0.1, 0.15) is 10.5 Å². The van der Waals surface area contributed by atoms with Crippen LogP contribution in [0.5, 0.6) is 5.75 Å². The Morgan fingerprint density at radius 1 is 1.27 bits per heavy atom. The number of ether oxygens (including phenoxy) is 2. The van der Waals surface area contributed by atoms with Crippen molar-refractivity contribution in [2.24, 2.45) is 0 Å². The maximum atomic E-state index is 11.5. The molecule has 0 saturated carbocycles. The summed E-state index contributed by atoms with van der Waals surface area (Å²) in [5.74, 6) is -0.188. The number of nitrogens with zero attached hydrogens (tertiary/aromatic N) is 4. The fourth-order valence-corrected chi connectivity index (χ4v) is 2.33. The number of anilines is 1. The van der Waals surface area contributed by atoms with Crippen LogP contribution in [-0.4, -0.2) is 59.5 Å². The zero-order valence-corrected chi connectivity index (χ0v) is 12.1. The monoisotopic (exact) mass is 304 g/mol. The van der Waals surface area contributed by atoms with E-state index in [1.54, 1.807) is 19.2 Å². The number of hydrogen-bond acceptors (Lipinski definition) is 6. The lowest BCUT2D eigenvalue weighted by atomic mass is 10.3. The number of hydrogen-bond donors (Lipinski definition) is 1. The number of morpholine rings is 1. The van der Waals surface area contributed by atoms with Crippen molar-refractivity contribution in [3.63, 3.8) is 0 Å². The minimum atomic E-state index is -1.11. The maximum Gasteiger partial charge on any atom is 0.360 e. The van der Waals surface area contributed by atoms with E-state index in [0.717, 1.165) is 0 Å². The molecule has 0 bridgehead atoms. The van der Waals surface area contributed by atoms with Crippen LogP contribution in [0, 0.1) is 0 Å². The second kappa shape index (κ2) is 6.02. The molecule has 1 fully saturated rings. The van der Waals surface area contributed by atoms with Crippen molar-refractivity contribution >= 4 is 11.8 Å². The van der Waals surface area contributed by atoms with Crippen LogP contribution in [0.15, 0.2) is 24.3 Å². The maximum absolute atomic E-state index is 11.5. The van der Waals surface area contributed by atoms with Gasteiger partial charge >= 0.3 is 5.97 Å². The van der Waals surface area contributed by atoms with Gasteiger partial charge in [-0.25, -0.2) is 4.79 Å². The highest BCUT2D eigenvalue weighted by Crippen LogP contribution is 2.24. The summed E-state index contributed by atoms with van der Waals surface area (Å²) in [4.78, 5) is 14.6. The van der Waals surface area contributed by atoms with Gasteiger partial charge in [-0.15, -0.1) is 15.0 Å². The highest BCUT2D eigenvalue weighted by atomic mass is 16.5. The molecule has 1 N–H and O–H groups in total. The van der Waals surface area contributed by atoms with Crippen LogP contribution in [-0.2, 0) is 4.74 Å². The molecule has 0 amide bonds. The third-order valence-corrected chi connectivity index (χ3v) is 3.41. The summed E-state index contributed by atoms with van der Waals surface area (Å²) in [7, 11) is 1.54. The van der Waals surface area contributed by atoms with Crippen molar-refractivity contribution in [3.05, 3.63) is 30.0 Å². The Labute approximate surface area is 126 Å². The minimum Gasteiger partial charge on any atom is -0.494 e. The quantitative estimate of drug-likeness (QED) is 0.894. The van der Waals surface area contributed by atoms with Gasteiger partial charge in [0.2, 0.25) is 5.69 Å². The van der Waals surface area contributed by atoms with E-state index in [1.807, 2.05) is 17.0 Å². The van der Waals surface area contributed by atoms with Crippen LogP contribution in [0.25, 0.3) is 5.69 Å². The van der Waals surface area contributed by atoms with E-state index in [1.165, 1.54) is 4.80 Å². The molecule has 1 aliphatic rings. The lowest BCUT2D eigenvalue weighted by molar-refractivity contribution is 0.0689. The molecule has 116 valence electrons. The molecule has 1 saturated heterocycles. The molecular formula is C14H16N4O4. The van der Waals surface area contributed by atoms with E-state index >= 15 is 0 Å². The summed E-state index contributed by atoms with van der Waals surface area (Å²) < 4.78 is 10.6. The number of benzene rings is 1. The van der Waals surface area contributed by atoms with Crippen LogP contribution in [0.2, 0.25) is 0 Å². The topological polar surface area (TPSA) is 89.7 Å². The van der Waals surface area contributed by atoms with E-state index in [2.05, 4.69) is 10.2 Å². The standard InChI is InChI=1S/C14H16N4O4/c1-21-11-5-3-2-4-10(11)18-15-12(14(19)20)13(16-18)17-6-8-22-9-7-17/h2-5H,6-9H2,1H3,(H,19,20). The molecule has 1 aliphatic heterocycles. The molecule has 1 aromatic carbocycles. The summed E-state index contributed by atoms with van der Waals surface area (Å²) in [5.41, 5.74) is 0.514. The average molecular weight is 304 g/mol. The Morgan fingerprint density at radius 3 is 2.68 bits per heavy atom. The minimum absolute atomic E-state index is 0.0761. The Bertz CT molecular complexity index is 679. The molecule has 8 heteroatoms. The molecule has 0 spiro atoms. The van der Waals surface area contributed by atoms with E-state index in [-0.39, 0.29) is 5.69 Å². The van der Waals surface area contributed by atoms with Gasteiger partial charge in [-0.1, -0.05) is 12.1 Å². The summed E-state index contributed by atoms with van der Waals surface area (Å²) in [6, 6.07) is 7.18. The number of aromatic carboxylic acids is 1. The molecule has 22 heavy (non-hydrogen) atoms. The van der Waals surface area contributed by atoms with Gasteiger partial charge in [0.25, 0.3) is 0 Å². The van der Waals surface area contributed by atoms with E-state index in [0.29, 0.717) is 43.6 Å². The third-order valence-electron chi connectivity index (χ3n) is 3.41. The van der Waals surface area contributed by atoms with Gasteiger partial charge in [0.1, 0.15) is 11.4 Å². The lowest BCUT2D eigenvalue weighted by Gasteiger charge is -2.26. The van der Waals surface area contributed by atoms with Crippen molar-refractivity contribution in [1.82, 2.24) is 15.0 Å². The second-order valence-electron chi connectivity index (χ2n) is 4.74. The van der Waals surface area contributed by atoms with Crippen LogP contribution < -0.4 is 9.64 Å². The molecule has 0 atom stereocenters. The number of methoxy groups -OCH3 is 1. The molecule has 8 nitrogen and oxygen atoms in total. The molecule has 2 aromatic rings. The van der Waals surface area contributed by atoms with Gasteiger partial charge in [0, 0.05) is 13.1 Å². The van der Waals surface area contributed by atoms with Crippen molar-refractivity contribution in [2.75, 3.05) is 38.3 Å². The van der Waals surface area contributed by atoms with Crippen molar-refractivity contribution in [2.45, 2.75) is 0 Å². The Kier molecular flexibility index (Phi) is 3.92. The smallest absolute Gasteiger partial charge is 0.360 e. The van der Waals surface area contributed by atoms with E-state index in [4.69, 9.17) is 9.47 Å². The molecule has 3 rings (SSSR count).